The van der Waals surface area contributed by atoms with Gasteiger partial charge in [0.1, 0.15) is 6.17 Å². The molecule has 1 amide bonds. The third kappa shape index (κ3) is 2.30. The molecular formula is C15H18F2N2O. The summed E-state index contributed by atoms with van der Waals surface area (Å²) in [5.74, 6) is -1.64. The monoisotopic (exact) mass is 280 g/mol. The van der Waals surface area contributed by atoms with Crippen LogP contribution in [-0.2, 0) is 4.79 Å². The fourth-order valence-electron chi connectivity index (χ4n) is 2.83. The number of halogens is 2. The average molecular weight is 280 g/mol. The van der Waals surface area contributed by atoms with E-state index in [1.165, 1.54) is 6.07 Å². The van der Waals surface area contributed by atoms with Gasteiger partial charge >= 0.3 is 0 Å². The minimum Gasteiger partial charge on any atom is -0.319 e. The molecule has 2 aliphatic rings. The van der Waals surface area contributed by atoms with Gasteiger partial charge in [0.15, 0.2) is 11.6 Å². The van der Waals surface area contributed by atoms with Crippen LogP contribution < -0.4 is 5.32 Å². The van der Waals surface area contributed by atoms with Crippen LogP contribution in [0.25, 0.3) is 0 Å². The minimum absolute atomic E-state index is 0.0871. The predicted molar refractivity (Wildman–Crippen MR) is 70.8 cm³/mol. The number of carbonyl (C=O) groups is 1. The van der Waals surface area contributed by atoms with Crippen molar-refractivity contribution >= 4 is 5.91 Å². The Kier molecular flexibility index (Phi) is 3.46. The largest absolute Gasteiger partial charge is 0.319 e. The first kappa shape index (κ1) is 13.5. The zero-order valence-corrected chi connectivity index (χ0v) is 11.4. The maximum atomic E-state index is 13.4. The van der Waals surface area contributed by atoms with E-state index in [1.807, 2.05) is 11.8 Å². The van der Waals surface area contributed by atoms with Gasteiger partial charge in [-0.1, -0.05) is 19.4 Å². The summed E-state index contributed by atoms with van der Waals surface area (Å²) in [6.07, 6.45) is 3.33. The molecule has 1 heterocycles. The summed E-state index contributed by atoms with van der Waals surface area (Å²) in [7, 11) is 0. The fourth-order valence-corrected chi connectivity index (χ4v) is 2.83. The maximum Gasteiger partial charge on any atom is 0.241 e. The zero-order valence-electron chi connectivity index (χ0n) is 11.4. The first-order chi connectivity index (χ1) is 9.61. The highest BCUT2D eigenvalue weighted by Crippen LogP contribution is 2.38. The summed E-state index contributed by atoms with van der Waals surface area (Å²) >= 11 is 0. The van der Waals surface area contributed by atoms with Gasteiger partial charge in [-0.05, 0) is 37.0 Å². The van der Waals surface area contributed by atoms with Crippen LogP contribution in [0.4, 0.5) is 8.78 Å². The lowest BCUT2D eigenvalue weighted by atomic mass is 10.1. The fraction of sp³-hybridized carbons (Fsp3) is 0.533. The third-order valence-electron chi connectivity index (χ3n) is 3.97. The number of amides is 1. The molecule has 2 fully saturated rings. The number of nitrogens with zero attached hydrogens (tertiary/aromatic N) is 1. The standard InChI is InChI=1S/C15H18F2N2O/c1-2-3-13-15(20)19(10-5-6-10)14(18-13)9-4-7-11(16)12(17)8-9/h4,7-8,10,13-14,18H,2-3,5-6H2,1H3. The SMILES string of the molecule is CCCC1NC(c2ccc(F)c(F)c2)N(C2CC2)C1=O. The van der Waals surface area contributed by atoms with E-state index in [4.69, 9.17) is 0 Å². The minimum atomic E-state index is -0.869. The summed E-state index contributed by atoms with van der Waals surface area (Å²) in [6.45, 7) is 2.03. The molecule has 2 unspecified atom stereocenters. The first-order valence-corrected chi connectivity index (χ1v) is 7.15. The van der Waals surface area contributed by atoms with Crippen molar-refractivity contribution in [2.24, 2.45) is 0 Å². The number of hydrogen-bond acceptors (Lipinski definition) is 2. The topological polar surface area (TPSA) is 32.3 Å². The van der Waals surface area contributed by atoms with Crippen LogP contribution in [0, 0.1) is 11.6 Å². The molecule has 3 rings (SSSR count). The Balaban J connectivity index is 1.89. The van der Waals surface area contributed by atoms with Crippen molar-refractivity contribution in [3.63, 3.8) is 0 Å². The Bertz CT molecular complexity index is 531. The second-order valence-corrected chi connectivity index (χ2v) is 5.56. The maximum absolute atomic E-state index is 13.4. The molecule has 0 spiro atoms. The van der Waals surface area contributed by atoms with Crippen LogP contribution in [0.15, 0.2) is 18.2 Å². The molecule has 1 N–H and O–H groups in total. The van der Waals surface area contributed by atoms with Gasteiger partial charge in [0.25, 0.3) is 0 Å². The smallest absolute Gasteiger partial charge is 0.241 e. The Morgan fingerprint density at radius 2 is 2.05 bits per heavy atom. The second-order valence-electron chi connectivity index (χ2n) is 5.56. The Labute approximate surface area is 117 Å². The van der Waals surface area contributed by atoms with Crippen LogP contribution in [0.5, 0.6) is 0 Å². The van der Waals surface area contributed by atoms with Crippen LogP contribution in [0.2, 0.25) is 0 Å². The highest BCUT2D eigenvalue weighted by atomic mass is 19.2. The van der Waals surface area contributed by atoms with Crippen molar-refractivity contribution in [3.05, 3.63) is 35.4 Å². The number of carbonyl (C=O) groups excluding carboxylic acids is 1. The molecule has 0 bridgehead atoms. The molecular weight excluding hydrogens is 262 g/mol. The number of nitrogens with one attached hydrogen (secondary N) is 1. The number of hydrogen-bond donors (Lipinski definition) is 1. The van der Waals surface area contributed by atoms with E-state index in [0.717, 1.165) is 31.7 Å². The zero-order chi connectivity index (χ0) is 14.3. The Morgan fingerprint density at radius 1 is 1.30 bits per heavy atom. The van der Waals surface area contributed by atoms with Gasteiger partial charge in [-0.15, -0.1) is 0 Å². The van der Waals surface area contributed by atoms with Crippen molar-refractivity contribution in [2.45, 2.75) is 50.9 Å². The van der Waals surface area contributed by atoms with E-state index >= 15 is 0 Å². The summed E-state index contributed by atoms with van der Waals surface area (Å²) < 4.78 is 26.5. The molecule has 2 atom stereocenters. The van der Waals surface area contributed by atoms with E-state index in [1.54, 1.807) is 6.07 Å². The highest BCUT2D eigenvalue weighted by Gasteiger charge is 2.46. The van der Waals surface area contributed by atoms with Crippen molar-refractivity contribution < 1.29 is 13.6 Å². The van der Waals surface area contributed by atoms with Gasteiger partial charge < -0.3 is 4.90 Å². The summed E-state index contributed by atoms with van der Waals surface area (Å²) in [5, 5.41) is 3.26. The molecule has 1 saturated heterocycles. The van der Waals surface area contributed by atoms with Crippen molar-refractivity contribution in [1.29, 1.82) is 0 Å². The molecule has 5 heteroatoms. The molecule has 3 nitrogen and oxygen atoms in total. The van der Waals surface area contributed by atoms with E-state index in [9.17, 15) is 13.6 Å². The molecule has 1 aliphatic heterocycles. The van der Waals surface area contributed by atoms with Gasteiger partial charge in [0.2, 0.25) is 5.91 Å². The molecule has 1 aromatic rings. The average Bonchev–Trinajstić information content (AvgIpc) is 3.20. The number of benzene rings is 1. The van der Waals surface area contributed by atoms with Crippen LogP contribution in [-0.4, -0.2) is 22.9 Å². The van der Waals surface area contributed by atoms with Gasteiger partial charge in [-0.3, -0.25) is 10.1 Å². The molecule has 0 radical (unpaired) electrons. The highest BCUT2D eigenvalue weighted by molar-refractivity contribution is 5.85. The van der Waals surface area contributed by atoms with Crippen molar-refractivity contribution in [2.75, 3.05) is 0 Å². The van der Waals surface area contributed by atoms with Gasteiger partial charge in [-0.2, -0.15) is 0 Å². The first-order valence-electron chi connectivity index (χ1n) is 7.15. The molecule has 1 aromatic carbocycles. The van der Waals surface area contributed by atoms with E-state index < -0.39 is 11.6 Å². The lowest BCUT2D eigenvalue weighted by Gasteiger charge is -2.24. The van der Waals surface area contributed by atoms with Crippen LogP contribution in [0.1, 0.15) is 44.3 Å². The predicted octanol–water partition coefficient (Wildman–Crippen LogP) is 2.73. The third-order valence-corrected chi connectivity index (χ3v) is 3.97. The lowest BCUT2D eigenvalue weighted by Crippen LogP contribution is -2.33. The van der Waals surface area contributed by atoms with Crippen molar-refractivity contribution in [1.82, 2.24) is 10.2 Å². The van der Waals surface area contributed by atoms with Crippen molar-refractivity contribution in [3.8, 4) is 0 Å². The summed E-state index contributed by atoms with van der Waals surface area (Å²) in [4.78, 5) is 14.2. The van der Waals surface area contributed by atoms with E-state index in [0.29, 0.717) is 5.56 Å². The molecule has 0 aromatic heterocycles. The van der Waals surface area contributed by atoms with Crippen LogP contribution >= 0.6 is 0 Å². The quantitative estimate of drug-likeness (QED) is 0.919. The lowest BCUT2D eigenvalue weighted by molar-refractivity contribution is -0.130. The van der Waals surface area contributed by atoms with Gasteiger partial charge in [-0.25, -0.2) is 8.78 Å². The molecule has 1 saturated carbocycles. The summed E-state index contributed by atoms with van der Waals surface area (Å²) in [6, 6.07) is 3.89. The van der Waals surface area contributed by atoms with Gasteiger partial charge in [0, 0.05) is 6.04 Å². The second kappa shape index (κ2) is 5.13. The number of rotatable bonds is 4. The van der Waals surface area contributed by atoms with E-state index in [2.05, 4.69) is 5.32 Å². The molecule has 1 aliphatic carbocycles. The molecule has 20 heavy (non-hydrogen) atoms. The van der Waals surface area contributed by atoms with Gasteiger partial charge in [0.05, 0.1) is 6.04 Å². The van der Waals surface area contributed by atoms with Crippen LogP contribution in [0.3, 0.4) is 0 Å². The van der Waals surface area contributed by atoms with E-state index in [-0.39, 0.29) is 24.2 Å². The summed E-state index contributed by atoms with van der Waals surface area (Å²) in [5.41, 5.74) is 0.614. The molecule has 108 valence electrons. The Hall–Kier alpha value is -1.49. The normalized spacial score (nSPS) is 26.4. The Morgan fingerprint density at radius 3 is 2.65 bits per heavy atom.